The lowest BCUT2D eigenvalue weighted by Crippen LogP contribution is -2.34. The van der Waals surface area contributed by atoms with E-state index in [-0.39, 0.29) is 6.04 Å². The molecule has 7 nitrogen and oxygen atoms in total. The monoisotopic (exact) mass is 283 g/mol. The first-order chi connectivity index (χ1) is 10.2. The number of aromatic nitrogens is 5. The first-order valence-electron chi connectivity index (χ1n) is 7.03. The van der Waals surface area contributed by atoms with E-state index >= 15 is 0 Å². The minimum absolute atomic E-state index is 0.273. The highest BCUT2D eigenvalue weighted by molar-refractivity contribution is 5.58. The van der Waals surface area contributed by atoms with Gasteiger partial charge in [0.2, 0.25) is 0 Å². The molecule has 21 heavy (non-hydrogen) atoms. The Kier molecular flexibility index (Phi) is 3.52. The van der Waals surface area contributed by atoms with Gasteiger partial charge in [-0.15, -0.1) is 5.10 Å². The number of nitriles is 1. The van der Waals surface area contributed by atoms with Crippen LogP contribution in [0.2, 0.25) is 0 Å². The van der Waals surface area contributed by atoms with Crippen LogP contribution in [-0.4, -0.2) is 37.5 Å². The lowest BCUT2D eigenvalue weighted by molar-refractivity contribution is 0.505. The first kappa shape index (κ1) is 13.5. The van der Waals surface area contributed by atoms with Gasteiger partial charge < -0.3 is 4.90 Å². The fourth-order valence-electron chi connectivity index (χ4n) is 2.78. The summed E-state index contributed by atoms with van der Waals surface area (Å²) in [5, 5.41) is 22.1. The summed E-state index contributed by atoms with van der Waals surface area (Å²) >= 11 is 0. The van der Waals surface area contributed by atoms with Gasteiger partial charge in [0.05, 0.1) is 18.3 Å². The van der Waals surface area contributed by atoms with Crippen LogP contribution in [0, 0.1) is 25.2 Å². The number of aryl methyl sites for hydroxylation is 1. The molecule has 3 heterocycles. The van der Waals surface area contributed by atoms with E-state index in [1.807, 2.05) is 18.5 Å². The average Bonchev–Trinajstić information content (AvgIpc) is 3.14. The third-order valence-corrected chi connectivity index (χ3v) is 4.06. The molecular formula is C14H17N7. The highest BCUT2D eigenvalue weighted by Crippen LogP contribution is 2.29. The van der Waals surface area contributed by atoms with Gasteiger partial charge in [0.25, 0.3) is 0 Å². The Balaban J connectivity index is 1.92. The zero-order valence-electron chi connectivity index (χ0n) is 12.2. The smallest absolute Gasteiger partial charge is 0.169 e. The molecule has 3 rings (SSSR count). The minimum Gasteiger partial charge on any atom is -0.349 e. The largest absolute Gasteiger partial charge is 0.349 e. The van der Waals surface area contributed by atoms with Crippen LogP contribution in [0.4, 0.5) is 5.82 Å². The van der Waals surface area contributed by atoms with Crippen LogP contribution in [0.15, 0.2) is 12.7 Å². The van der Waals surface area contributed by atoms with E-state index in [1.165, 1.54) is 6.33 Å². The van der Waals surface area contributed by atoms with Crippen LogP contribution in [-0.2, 0) is 6.54 Å². The molecule has 0 N–H and O–H groups in total. The van der Waals surface area contributed by atoms with Crippen molar-refractivity contribution >= 4 is 5.82 Å². The van der Waals surface area contributed by atoms with Crippen LogP contribution in [0.1, 0.15) is 29.7 Å². The molecule has 108 valence electrons. The Hall–Kier alpha value is -2.49. The lowest BCUT2D eigenvalue weighted by Gasteiger charge is -2.26. The normalized spacial score (nSPS) is 18.0. The zero-order valence-corrected chi connectivity index (χ0v) is 12.2. The first-order valence-corrected chi connectivity index (χ1v) is 7.03. The van der Waals surface area contributed by atoms with Gasteiger partial charge in [-0.1, -0.05) is 0 Å². The maximum Gasteiger partial charge on any atom is 0.169 e. The lowest BCUT2D eigenvalue weighted by atomic mass is 10.1. The van der Waals surface area contributed by atoms with Gasteiger partial charge in [-0.25, -0.2) is 4.98 Å². The van der Waals surface area contributed by atoms with E-state index in [1.54, 1.807) is 6.33 Å². The summed E-state index contributed by atoms with van der Waals surface area (Å²) in [6, 6.07) is 2.56. The van der Waals surface area contributed by atoms with Crippen molar-refractivity contribution < 1.29 is 0 Å². The second-order valence-electron chi connectivity index (χ2n) is 5.33. The fourth-order valence-corrected chi connectivity index (χ4v) is 2.78. The maximum absolute atomic E-state index is 9.45. The summed E-state index contributed by atoms with van der Waals surface area (Å²) in [6.45, 7) is 5.45. The second kappa shape index (κ2) is 5.48. The van der Waals surface area contributed by atoms with E-state index in [4.69, 9.17) is 0 Å². The molecule has 2 aromatic rings. The molecule has 2 aromatic heterocycles. The van der Waals surface area contributed by atoms with E-state index in [9.17, 15) is 5.26 Å². The minimum atomic E-state index is 0.273. The molecule has 1 saturated heterocycles. The van der Waals surface area contributed by atoms with E-state index < -0.39 is 0 Å². The summed E-state index contributed by atoms with van der Waals surface area (Å²) < 4.78 is 1.82. The van der Waals surface area contributed by atoms with Gasteiger partial charge in [-0.2, -0.15) is 15.5 Å². The third-order valence-electron chi connectivity index (χ3n) is 4.06. The molecule has 0 saturated carbocycles. The van der Waals surface area contributed by atoms with Crippen molar-refractivity contribution in [1.29, 1.82) is 5.26 Å². The molecule has 0 spiro atoms. The molecule has 1 atom stereocenters. The Morgan fingerprint density at radius 3 is 2.95 bits per heavy atom. The zero-order chi connectivity index (χ0) is 14.8. The Labute approximate surface area is 123 Å². The molecule has 0 aromatic carbocycles. The Morgan fingerprint density at radius 2 is 2.24 bits per heavy atom. The van der Waals surface area contributed by atoms with Crippen LogP contribution in [0.25, 0.3) is 0 Å². The predicted molar refractivity (Wildman–Crippen MR) is 76.6 cm³/mol. The summed E-state index contributed by atoms with van der Waals surface area (Å²) in [4.78, 5) is 6.15. The van der Waals surface area contributed by atoms with Gasteiger partial charge in [0.1, 0.15) is 24.3 Å². The molecule has 7 heteroatoms. The van der Waals surface area contributed by atoms with Gasteiger partial charge in [-0.3, -0.25) is 4.68 Å². The van der Waals surface area contributed by atoms with E-state index in [0.29, 0.717) is 11.4 Å². The number of hydrogen-bond acceptors (Lipinski definition) is 6. The molecule has 1 aliphatic heterocycles. The Bertz CT molecular complexity index is 671. The molecule has 0 unspecified atom stereocenters. The van der Waals surface area contributed by atoms with E-state index in [2.05, 4.69) is 31.2 Å². The average molecular weight is 283 g/mol. The molecule has 0 aliphatic carbocycles. The van der Waals surface area contributed by atoms with Crippen LogP contribution in [0.5, 0.6) is 0 Å². The van der Waals surface area contributed by atoms with E-state index in [0.717, 1.165) is 37.2 Å². The molecule has 1 fully saturated rings. The summed E-state index contributed by atoms with van der Waals surface area (Å²) in [5.41, 5.74) is 2.35. The fraction of sp³-hybridized carbons (Fsp3) is 0.500. The topological polar surface area (TPSA) is 83.5 Å². The van der Waals surface area contributed by atoms with Crippen molar-refractivity contribution in [3.63, 3.8) is 0 Å². The Morgan fingerprint density at radius 1 is 1.38 bits per heavy atom. The number of rotatable bonds is 3. The molecule has 0 bridgehead atoms. The number of hydrogen-bond donors (Lipinski definition) is 0. The van der Waals surface area contributed by atoms with Gasteiger partial charge in [-0.05, 0) is 32.3 Å². The highest BCUT2D eigenvalue weighted by atomic mass is 15.4. The van der Waals surface area contributed by atoms with Gasteiger partial charge >= 0.3 is 0 Å². The highest BCUT2D eigenvalue weighted by Gasteiger charge is 2.29. The van der Waals surface area contributed by atoms with Crippen molar-refractivity contribution in [2.45, 2.75) is 39.3 Å². The van der Waals surface area contributed by atoms with Crippen LogP contribution < -0.4 is 4.90 Å². The predicted octanol–water partition coefficient (Wildman–Crippen LogP) is 1.23. The molecule has 0 radical (unpaired) electrons. The summed E-state index contributed by atoms with van der Waals surface area (Å²) in [5.74, 6) is 0.697. The molecular weight excluding hydrogens is 266 g/mol. The van der Waals surface area contributed by atoms with Crippen molar-refractivity contribution in [3.8, 4) is 6.07 Å². The quantitative estimate of drug-likeness (QED) is 0.842. The van der Waals surface area contributed by atoms with Crippen molar-refractivity contribution in [2.75, 3.05) is 11.4 Å². The van der Waals surface area contributed by atoms with Crippen molar-refractivity contribution in [1.82, 2.24) is 25.0 Å². The van der Waals surface area contributed by atoms with Crippen LogP contribution >= 0.6 is 0 Å². The maximum atomic E-state index is 9.45. The second-order valence-corrected chi connectivity index (χ2v) is 5.33. The molecule has 0 amide bonds. The van der Waals surface area contributed by atoms with Crippen molar-refractivity contribution in [2.24, 2.45) is 0 Å². The van der Waals surface area contributed by atoms with Gasteiger partial charge in [0, 0.05) is 6.54 Å². The molecule has 1 aliphatic rings. The SMILES string of the molecule is Cc1nnc(N2CCC[C@H]2Cn2cncn2)c(C#N)c1C. The number of nitrogens with zero attached hydrogens (tertiary/aromatic N) is 7. The van der Waals surface area contributed by atoms with Crippen LogP contribution in [0.3, 0.4) is 0 Å². The number of anilines is 1. The summed E-state index contributed by atoms with van der Waals surface area (Å²) in [7, 11) is 0. The van der Waals surface area contributed by atoms with Gasteiger partial charge in [0.15, 0.2) is 5.82 Å². The third kappa shape index (κ3) is 2.44. The summed E-state index contributed by atoms with van der Waals surface area (Å²) in [6.07, 6.45) is 5.39. The standard InChI is InChI=1S/C14H17N7/c1-10-11(2)18-19-14(13(10)6-15)21-5-3-4-12(21)7-20-9-16-8-17-20/h8-9,12H,3-5,7H2,1-2H3/t12-/m0/s1. The van der Waals surface area contributed by atoms with Crippen molar-refractivity contribution in [3.05, 3.63) is 29.5 Å².